The van der Waals surface area contributed by atoms with E-state index < -0.39 is 6.17 Å². The molecule has 1 heterocycles. The Kier molecular flexibility index (Phi) is 1.43. The largest absolute Gasteiger partial charge is 0.280 e. The van der Waals surface area contributed by atoms with Gasteiger partial charge in [-0.05, 0) is 6.42 Å². The van der Waals surface area contributed by atoms with Crippen molar-refractivity contribution in [3.8, 4) is 0 Å². The maximum atomic E-state index is 9.91. The Morgan fingerprint density at radius 2 is 2.50 bits per heavy atom. The number of nitro groups is 1. The predicted molar refractivity (Wildman–Crippen MR) is 27.0 cm³/mol. The standard InChI is InChI=1S/C4H7N2O2/c7-6(8)4-2-1-3-5-4/h4H,1-3H2. The lowest BCUT2D eigenvalue weighted by atomic mass is 10.3. The zero-order valence-electron chi connectivity index (χ0n) is 4.41. The molecular weight excluding hydrogens is 108 g/mol. The second kappa shape index (κ2) is 2.09. The van der Waals surface area contributed by atoms with E-state index in [-0.39, 0.29) is 4.92 Å². The summed E-state index contributed by atoms with van der Waals surface area (Å²) in [5, 5.41) is 13.6. The first-order valence-corrected chi connectivity index (χ1v) is 2.61. The van der Waals surface area contributed by atoms with Crippen LogP contribution in [0.1, 0.15) is 12.8 Å². The van der Waals surface area contributed by atoms with Gasteiger partial charge < -0.3 is 0 Å². The van der Waals surface area contributed by atoms with Gasteiger partial charge in [-0.1, -0.05) is 0 Å². The summed E-state index contributed by atoms with van der Waals surface area (Å²) < 4.78 is 0. The zero-order chi connectivity index (χ0) is 5.98. The molecular formula is C4H7N2O2. The molecule has 1 fully saturated rings. The average molecular weight is 115 g/mol. The van der Waals surface area contributed by atoms with E-state index >= 15 is 0 Å². The van der Waals surface area contributed by atoms with Gasteiger partial charge in [0, 0.05) is 17.9 Å². The summed E-state index contributed by atoms with van der Waals surface area (Å²) in [7, 11) is 0. The van der Waals surface area contributed by atoms with E-state index in [0.29, 0.717) is 13.0 Å². The third-order valence-corrected chi connectivity index (χ3v) is 1.20. The van der Waals surface area contributed by atoms with Crippen LogP contribution in [-0.2, 0) is 0 Å². The van der Waals surface area contributed by atoms with Gasteiger partial charge in [0.2, 0.25) is 0 Å². The lowest BCUT2D eigenvalue weighted by Crippen LogP contribution is -2.23. The topological polar surface area (TPSA) is 57.2 Å². The first-order chi connectivity index (χ1) is 3.80. The highest BCUT2D eigenvalue weighted by Crippen LogP contribution is 2.05. The third-order valence-electron chi connectivity index (χ3n) is 1.20. The molecule has 4 heteroatoms. The molecule has 0 N–H and O–H groups in total. The van der Waals surface area contributed by atoms with Gasteiger partial charge in [-0.25, -0.2) is 0 Å². The number of rotatable bonds is 1. The van der Waals surface area contributed by atoms with E-state index in [9.17, 15) is 10.1 Å². The summed E-state index contributed by atoms with van der Waals surface area (Å²) in [5.74, 6) is 0. The van der Waals surface area contributed by atoms with E-state index in [1.807, 2.05) is 0 Å². The molecule has 0 bridgehead atoms. The molecule has 45 valence electrons. The highest BCUT2D eigenvalue weighted by atomic mass is 16.6. The van der Waals surface area contributed by atoms with Gasteiger partial charge in [0.05, 0.1) is 0 Å². The molecule has 0 aliphatic carbocycles. The van der Waals surface area contributed by atoms with Crippen molar-refractivity contribution in [1.82, 2.24) is 5.32 Å². The van der Waals surface area contributed by atoms with E-state index in [2.05, 4.69) is 5.32 Å². The van der Waals surface area contributed by atoms with Gasteiger partial charge >= 0.3 is 0 Å². The number of nitrogens with zero attached hydrogens (tertiary/aromatic N) is 2. The van der Waals surface area contributed by atoms with Gasteiger partial charge in [0.1, 0.15) is 0 Å². The summed E-state index contributed by atoms with van der Waals surface area (Å²) in [6.45, 7) is 0.672. The lowest BCUT2D eigenvalue weighted by molar-refractivity contribution is -0.526. The van der Waals surface area contributed by atoms with Gasteiger partial charge in [0.25, 0.3) is 6.17 Å². The quantitative estimate of drug-likeness (QED) is 0.356. The first kappa shape index (κ1) is 5.50. The molecule has 0 aromatic carbocycles. The van der Waals surface area contributed by atoms with E-state index in [1.165, 1.54) is 0 Å². The molecule has 0 amide bonds. The molecule has 0 spiro atoms. The van der Waals surface area contributed by atoms with Crippen molar-refractivity contribution in [1.29, 1.82) is 0 Å². The molecule has 1 unspecified atom stereocenters. The van der Waals surface area contributed by atoms with Crippen molar-refractivity contribution in [3.63, 3.8) is 0 Å². The number of hydrogen-bond acceptors (Lipinski definition) is 2. The minimum Gasteiger partial charge on any atom is -0.263 e. The van der Waals surface area contributed by atoms with Crippen LogP contribution < -0.4 is 5.32 Å². The fourth-order valence-electron chi connectivity index (χ4n) is 0.778. The predicted octanol–water partition coefficient (Wildman–Crippen LogP) is -0.0126. The smallest absolute Gasteiger partial charge is 0.263 e. The SMILES string of the molecule is O=[N+]([O-])C1CCC[N]1. The van der Waals surface area contributed by atoms with Crippen molar-refractivity contribution >= 4 is 0 Å². The molecule has 1 saturated heterocycles. The van der Waals surface area contributed by atoms with E-state index in [0.717, 1.165) is 6.42 Å². The minimum atomic E-state index is -0.588. The Balaban J connectivity index is 2.35. The van der Waals surface area contributed by atoms with Crippen LogP contribution >= 0.6 is 0 Å². The van der Waals surface area contributed by atoms with Crippen molar-refractivity contribution in [2.24, 2.45) is 0 Å². The average Bonchev–Trinajstić information content (AvgIpc) is 2.12. The maximum Gasteiger partial charge on any atom is 0.280 e. The van der Waals surface area contributed by atoms with Gasteiger partial charge in [-0.2, -0.15) is 5.32 Å². The fraction of sp³-hybridized carbons (Fsp3) is 1.00. The zero-order valence-corrected chi connectivity index (χ0v) is 4.41. The van der Waals surface area contributed by atoms with Crippen LogP contribution in [0.15, 0.2) is 0 Å². The Morgan fingerprint density at radius 1 is 1.75 bits per heavy atom. The molecule has 0 aromatic rings. The molecule has 1 aliphatic heterocycles. The highest BCUT2D eigenvalue weighted by Gasteiger charge is 2.24. The summed E-state index contributed by atoms with van der Waals surface area (Å²) in [4.78, 5) is 9.59. The van der Waals surface area contributed by atoms with Crippen LogP contribution in [0, 0.1) is 10.1 Å². The van der Waals surface area contributed by atoms with Crippen molar-refractivity contribution in [3.05, 3.63) is 10.1 Å². The highest BCUT2D eigenvalue weighted by molar-refractivity contribution is 4.62. The lowest BCUT2D eigenvalue weighted by Gasteiger charge is -1.94. The van der Waals surface area contributed by atoms with Crippen LogP contribution in [-0.4, -0.2) is 17.6 Å². The Labute approximate surface area is 47.0 Å². The van der Waals surface area contributed by atoms with E-state index in [4.69, 9.17) is 0 Å². The Bertz CT molecular complexity index is 98.2. The van der Waals surface area contributed by atoms with Crippen LogP contribution in [0.4, 0.5) is 0 Å². The first-order valence-electron chi connectivity index (χ1n) is 2.61. The second-order valence-electron chi connectivity index (χ2n) is 1.81. The Hall–Kier alpha value is -0.640. The van der Waals surface area contributed by atoms with Crippen LogP contribution in [0.25, 0.3) is 0 Å². The van der Waals surface area contributed by atoms with Crippen LogP contribution in [0.3, 0.4) is 0 Å². The number of hydrogen-bond donors (Lipinski definition) is 0. The normalized spacial score (nSPS) is 28.2. The minimum absolute atomic E-state index is 0.326. The molecule has 1 rings (SSSR count). The molecule has 1 aliphatic rings. The second-order valence-corrected chi connectivity index (χ2v) is 1.81. The van der Waals surface area contributed by atoms with Gasteiger partial charge in [-0.15, -0.1) is 0 Å². The molecule has 1 radical (unpaired) electrons. The third kappa shape index (κ3) is 0.949. The molecule has 4 nitrogen and oxygen atoms in total. The Morgan fingerprint density at radius 3 is 2.75 bits per heavy atom. The monoisotopic (exact) mass is 115 g/mol. The summed E-state index contributed by atoms with van der Waals surface area (Å²) >= 11 is 0. The van der Waals surface area contributed by atoms with Crippen LogP contribution in [0.5, 0.6) is 0 Å². The molecule has 0 saturated carbocycles. The fourth-order valence-corrected chi connectivity index (χ4v) is 0.778. The van der Waals surface area contributed by atoms with Crippen molar-refractivity contribution in [2.45, 2.75) is 19.0 Å². The molecule has 1 atom stereocenters. The summed E-state index contributed by atoms with van der Waals surface area (Å²) in [5.41, 5.74) is 0. The summed E-state index contributed by atoms with van der Waals surface area (Å²) in [6.07, 6.45) is 0.925. The van der Waals surface area contributed by atoms with Crippen molar-refractivity contribution in [2.75, 3.05) is 6.54 Å². The van der Waals surface area contributed by atoms with Gasteiger partial charge in [-0.3, -0.25) is 10.1 Å². The van der Waals surface area contributed by atoms with Crippen LogP contribution in [0.2, 0.25) is 0 Å². The molecule has 0 aromatic heterocycles. The van der Waals surface area contributed by atoms with E-state index in [1.54, 1.807) is 0 Å². The molecule has 8 heavy (non-hydrogen) atoms. The summed E-state index contributed by atoms with van der Waals surface area (Å²) in [6, 6.07) is 0. The van der Waals surface area contributed by atoms with Crippen molar-refractivity contribution < 1.29 is 4.92 Å². The van der Waals surface area contributed by atoms with Gasteiger partial charge in [0.15, 0.2) is 0 Å². The maximum absolute atomic E-state index is 9.91.